The molecule has 1 aliphatic heterocycles. The Morgan fingerprint density at radius 2 is 1.74 bits per heavy atom. The van der Waals surface area contributed by atoms with E-state index in [9.17, 15) is 24.9 Å². The second-order valence-electron chi connectivity index (χ2n) is 6.76. The van der Waals surface area contributed by atoms with Gasteiger partial charge in [-0.1, -0.05) is 29.8 Å². The fourth-order valence-corrected chi connectivity index (χ4v) is 3.19. The van der Waals surface area contributed by atoms with Gasteiger partial charge in [-0.15, -0.1) is 0 Å². The Morgan fingerprint density at radius 1 is 1.10 bits per heavy atom. The molecule has 2 aromatic rings. The second-order valence-corrected chi connectivity index (χ2v) is 7.20. The average Bonchev–Trinajstić information content (AvgIpc) is 3.06. The predicted octanol–water partition coefficient (Wildman–Crippen LogP) is -6.43. The summed E-state index contributed by atoms with van der Waals surface area (Å²) < 4.78 is 9.90. The fourth-order valence-electron chi connectivity index (χ4n) is 2.99. The smallest absolute Gasteiger partial charge is 0.542 e. The van der Waals surface area contributed by atoms with Crippen molar-refractivity contribution in [2.75, 3.05) is 6.54 Å². The average molecular weight is 466 g/mol. The maximum Gasteiger partial charge on any atom is 1.00 e. The Labute approximate surface area is 228 Å². The van der Waals surface area contributed by atoms with Crippen LogP contribution in [0.4, 0.5) is 0 Å². The molecular weight excluding hydrogens is 448 g/mol. The van der Waals surface area contributed by atoms with Crippen molar-refractivity contribution in [1.29, 1.82) is 0 Å². The second kappa shape index (κ2) is 11.9. The minimum absolute atomic E-state index is 0. The minimum atomic E-state index is -2.99. The van der Waals surface area contributed by atoms with Gasteiger partial charge in [0, 0.05) is 17.6 Å². The number of hydrogen-bond acceptors (Lipinski definition) is 8. The first-order chi connectivity index (χ1) is 13.7. The van der Waals surface area contributed by atoms with Gasteiger partial charge in [-0.2, -0.15) is 0 Å². The van der Waals surface area contributed by atoms with E-state index in [0.717, 1.165) is 5.56 Å². The van der Waals surface area contributed by atoms with Crippen LogP contribution in [0.15, 0.2) is 42.5 Å². The Bertz CT molecular complexity index is 929. The normalized spacial score (nSPS) is 15.2. The molecule has 2 atom stereocenters. The van der Waals surface area contributed by atoms with Crippen molar-refractivity contribution in [3.63, 3.8) is 0 Å². The fraction of sp³-hybridized carbons (Fsp3) is 0.300. The van der Waals surface area contributed by atoms with Gasteiger partial charge in [-0.25, -0.2) is 0 Å². The first-order valence-electron chi connectivity index (χ1n) is 8.82. The number of hydrogen-bond donors (Lipinski definition) is 2. The molecule has 0 fully saturated rings. The molecule has 0 amide bonds. The van der Waals surface area contributed by atoms with E-state index in [0.29, 0.717) is 23.6 Å². The Balaban J connectivity index is 0.00000240. The number of fused-ring (bicyclic) bond motifs is 1. The van der Waals surface area contributed by atoms with E-state index in [1.165, 1.54) is 12.1 Å². The molecule has 3 rings (SSSR count). The summed E-state index contributed by atoms with van der Waals surface area (Å²) in [5.74, 6) is -7.16. The van der Waals surface area contributed by atoms with Crippen LogP contribution >= 0.6 is 11.6 Å². The zero-order valence-electron chi connectivity index (χ0n) is 17.4. The first kappa shape index (κ1) is 28.2. The van der Waals surface area contributed by atoms with E-state index < -0.39 is 23.8 Å². The summed E-state index contributed by atoms with van der Waals surface area (Å²) in [5.41, 5.74) is 1.44. The molecule has 0 aliphatic carbocycles. The van der Waals surface area contributed by atoms with Crippen molar-refractivity contribution in [1.82, 2.24) is 5.32 Å². The molecule has 0 radical (unpaired) electrons. The molecule has 0 aromatic heterocycles. The van der Waals surface area contributed by atoms with Crippen molar-refractivity contribution >= 4 is 23.5 Å². The maximum atomic E-state index is 11.2. The third kappa shape index (κ3) is 6.60. The van der Waals surface area contributed by atoms with Crippen molar-refractivity contribution in [3.05, 3.63) is 58.6 Å². The Morgan fingerprint density at radius 3 is 2.35 bits per heavy atom. The number of carbonyl (C=O) groups excluding carboxylic acids is 2. The molecule has 11 heteroatoms. The van der Waals surface area contributed by atoms with Crippen LogP contribution in [0, 0.1) is 0 Å². The molecule has 1 heterocycles. The summed E-state index contributed by atoms with van der Waals surface area (Å²) in [6.45, 7) is 2.20. The quantitative estimate of drug-likeness (QED) is 0.291. The molecule has 0 spiro atoms. The van der Waals surface area contributed by atoms with Crippen LogP contribution < -0.4 is 84.1 Å². The molecule has 1 aliphatic rings. The van der Waals surface area contributed by atoms with E-state index in [1.54, 1.807) is 30.3 Å². The van der Waals surface area contributed by atoms with Gasteiger partial charge in [-0.3, -0.25) is 0 Å². The van der Waals surface area contributed by atoms with Gasteiger partial charge in [0.25, 0.3) is 0 Å². The number of ether oxygens (including phenoxy) is 2. The Kier molecular flexibility index (Phi) is 10.8. The number of benzene rings is 2. The zero-order chi connectivity index (χ0) is 21.2. The summed E-state index contributed by atoms with van der Waals surface area (Å²) in [6.07, 6.45) is -0.234. The molecular formula is C20H18ClNNa2O7. The van der Waals surface area contributed by atoms with Gasteiger partial charge in [0.1, 0.15) is 11.9 Å². The van der Waals surface area contributed by atoms with Gasteiger partial charge in [0.05, 0.1) is 6.10 Å². The SMILES string of the molecule is C[C@H](Cc1ccc2c(c1)OC(C(=O)[O-])(C(=O)[O-])O2)NCC(O)c1cccc(Cl)c1.[Na+].[Na+]. The van der Waals surface area contributed by atoms with E-state index in [4.69, 9.17) is 21.1 Å². The molecule has 1 unspecified atom stereocenters. The van der Waals surface area contributed by atoms with E-state index in [-0.39, 0.29) is 76.7 Å². The summed E-state index contributed by atoms with van der Waals surface area (Å²) >= 11 is 5.93. The number of rotatable bonds is 8. The van der Waals surface area contributed by atoms with Crippen LogP contribution in [0.25, 0.3) is 0 Å². The number of carboxylic acids is 2. The van der Waals surface area contributed by atoms with Crippen molar-refractivity contribution in [3.8, 4) is 11.5 Å². The standard InChI is InChI=1S/C20H20ClNO7.2Na/c1-11(22-10-15(23)13-3-2-4-14(21)9-13)7-12-5-6-16-17(8-12)29-20(28-16,18(24)25)19(26)27;;/h2-6,8-9,11,15,22-23H,7,10H2,1H3,(H,24,25)(H,26,27);;/q;2*+1/p-2/t11-,15?;;/m1../s1. The number of aliphatic hydroxyl groups is 1. The zero-order valence-corrected chi connectivity index (χ0v) is 22.1. The van der Waals surface area contributed by atoms with Gasteiger partial charge in [0.15, 0.2) is 11.5 Å². The van der Waals surface area contributed by atoms with Gasteiger partial charge < -0.3 is 39.7 Å². The largest absolute Gasteiger partial charge is 1.00 e. The number of carboxylic acid groups (broad SMARTS) is 2. The van der Waals surface area contributed by atoms with Crippen LogP contribution in [0.1, 0.15) is 24.2 Å². The first-order valence-corrected chi connectivity index (χ1v) is 9.20. The van der Waals surface area contributed by atoms with Crippen LogP contribution in [0.2, 0.25) is 5.02 Å². The maximum absolute atomic E-state index is 11.2. The summed E-state index contributed by atoms with van der Waals surface area (Å²) in [5, 5.41) is 36.3. The Hall–Kier alpha value is -0.810. The molecule has 2 N–H and O–H groups in total. The van der Waals surface area contributed by atoms with Crippen molar-refractivity contribution < 1.29 is 93.5 Å². The van der Waals surface area contributed by atoms with E-state index >= 15 is 0 Å². The molecule has 31 heavy (non-hydrogen) atoms. The number of aliphatic hydroxyl groups excluding tert-OH is 1. The molecule has 0 saturated carbocycles. The molecule has 0 bridgehead atoms. The van der Waals surface area contributed by atoms with Crippen LogP contribution in [0.5, 0.6) is 11.5 Å². The third-order valence-electron chi connectivity index (χ3n) is 4.49. The summed E-state index contributed by atoms with van der Waals surface area (Å²) in [7, 11) is 0. The number of aliphatic carboxylic acids is 2. The molecule has 0 saturated heterocycles. The van der Waals surface area contributed by atoms with E-state index in [2.05, 4.69) is 5.32 Å². The van der Waals surface area contributed by atoms with Crippen LogP contribution in [0.3, 0.4) is 0 Å². The van der Waals surface area contributed by atoms with Crippen molar-refractivity contribution in [2.45, 2.75) is 31.3 Å². The monoisotopic (exact) mass is 465 g/mol. The predicted molar refractivity (Wildman–Crippen MR) is 98.0 cm³/mol. The van der Waals surface area contributed by atoms with Gasteiger partial charge in [0.2, 0.25) is 0 Å². The third-order valence-corrected chi connectivity index (χ3v) is 4.72. The molecule has 154 valence electrons. The summed E-state index contributed by atoms with van der Waals surface area (Å²) in [6, 6.07) is 11.5. The number of halogens is 1. The minimum Gasteiger partial charge on any atom is -0.542 e. The van der Waals surface area contributed by atoms with Crippen molar-refractivity contribution in [2.24, 2.45) is 0 Å². The number of nitrogens with one attached hydrogen (secondary N) is 1. The number of carbonyl (C=O) groups is 2. The van der Waals surface area contributed by atoms with Crippen LogP contribution in [-0.4, -0.2) is 35.4 Å². The van der Waals surface area contributed by atoms with E-state index in [1.807, 2.05) is 6.92 Å². The van der Waals surface area contributed by atoms with Crippen LogP contribution in [-0.2, 0) is 16.0 Å². The summed E-state index contributed by atoms with van der Waals surface area (Å²) in [4.78, 5) is 22.3. The molecule has 8 nitrogen and oxygen atoms in total. The van der Waals surface area contributed by atoms with Gasteiger partial charge >= 0.3 is 64.9 Å². The molecule has 2 aromatic carbocycles. The topological polar surface area (TPSA) is 131 Å². The van der Waals surface area contributed by atoms with Gasteiger partial charge in [-0.05, 0) is 48.7 Å².